The molecule has 39 heavy (non-hydrogen) atoms. The van der Waals surface area contributed by atoms with Crippen molar-refractivity contribution < 1.29 is 19.7 Å². The molecule has 0 amide bonds. The number of amidine groups is 1. The Hall–Kier alpha value is -4.12. The zero-order chi connectivity index (χ0) is 26.9. The second kappa shape index (κ2) is 10.6. The third-order valence-corrected chi connectivity index (χ3v) is 6.97. The number of ether oxygens (including phenoxy) is 2. The minimum absolute atomic E-state index is 0.0510. The highest BCUT2D eigenvalue weighted by molar-refractivity contribution is 6.02. The summed E-state index contributed by atoms with van der Waals surface area (Å²) in [5.41, 5.74) is 5.55. The topological polar surface area (TPSA) is 131 Å². The first-order chi connectivity index (χ1) is 19.0. The molecule has 202 valence electrons. The molecule has 1 aromatic heterocycles. The summed E-state index contributed by atoms with van der Waals surface area (Å²) in [6.45, 7) is 1.94. The van der Waals surface area contributed by atoms with Crippen molar-refractivity contribution in [2.24, 2.45) is 4.99 Å². The van der Waals surface area contributed by atoms with Gasteiger partial charge < -0.3 is 35.2 Å². The Bertz CT molecular complexity index is 1500. The standard InChI is InChI=1S/C29H32N6O4/c1-3-5-25-29(39-25)32-19-7-4-6-17(12-19)27-33-24-11-9-21(38-16-26(36)37)14-22(24)28(35(27)2)31-20-8-10-23-18(13-20)15-30-34-23/h4,6-15,25-26,28-29,31-32,36-37H,3,5,16H2,1-2H3,(H,30,34). The normalized spacial score (nSPS) is 20.1. The van der Waals surface area contributed by atoms with Gasteiger partial charge in [-0.15, -0.1) is 0 Å². The van der Waals surface area contributed by atoms with Crippen molar-refractivity contribution in [3.63, 3.8) is 0 Å². The van der Waals surface area contributed by atoms with Crippen molar-refractivity contribution in [3.8, 4) is 5.75 Å². The average molecular weight is 529 g/mol. The first kappa shape index (κ1) is 25.2. The molecule has 1 fully saturated rings. The Labute approximate surface area is 226 Å². The van der Waals surface area contributed by atoms with E-state index >= 15 is 0 Å². The van der Waals surface area contributed by atoms with Gasteiger partial charge in [0.2, 0.25) is 0 Å². The van der Waals surface area contributed by atoms with Crippen LogP contribution in [-0.4, -0.2) is 63.4 Å². The summed E-state index contributed by atoms with van der Waals surface area (Å²) in [7, 11) is 2.00. The van der Waals surface area contributed by atoms with Gasteiger partial charge in [0.1, 0.15) is 30.5 Å². The maximum absolute atomic E-state index is 9.26. The van der Waals surface area contributed by atoms with E-state index in [1.54, 1.807) is 12.3 Å². The predicted octanol–water partition coefficient (Wildman–Crippen LogP) is 4.32. The molecule has 2 aliphatic heterocycles. The number of H-pyrrole nitrogens is 1. The molecular formula is C29H32N6O4. The van der Waals surface area contributed by atoms with Crippen LogP contribution >= 0.6 is 0 Å². The molecule has 5 N–H and O–H groups in total. The van der Waals surface area contributed by atoms with Crippen molar-refractivity contribution in [1.29, 1.82) is 0 Å². The van der Waals surface area contributed by atoms with Crippen molar-refractivity contribution in [1.82, 2.24) is 15.1 Å². The summed E-state index contributed by atoms with van der Waals surface area (Å²) in [5.74, 6) is 1.34. The summed E-state index contributed by atoms with van der Waals surface area (Å²) in [5, 5.41) is 33.8. The molecule has 3 aromatic carbocycles. The highest BCUT2D eigenvalue weighted by atomic mass is 16.6. The second-order valence-corrected chi connectivity index (χ2v) is 9.89. The number of rotatable bonds is 10. The Morgan fingerprint density at radius 3 is 2.79 bits per heavy atom. The summed E-state index contributed by atoms with van der Waals surface area (Å²) < 4.78 is 11.3. The van der Waals surface area contributed by atoms with Crippen LogP contribution in [0.2, 0.25) is 0 Å². The van der Waals surface area contributed by atoms with E-state index in [0.717, 1.165) is 57.8 Å². The number of hydrogen-bond acceptors (Lipinski definition) is 9. The number of anilines is 2. The third kappa shape index (κ3) is 5.40. The van der Waals surface area contributed by atoms with E-state index in [2.05, 4.69) is 44.8 Å². The van der Waals surface area contributed by atoms with Crippen molar-refractivity contribution in [2.45, 2.75) is 44.6 Å². The molecule has 3 heterocycles. The van der Waals surface area contributed by atoms with Gasteiger partial charge in [-0.3, -0.25) is 5.10 Å². The lowest BCUT2D eigenvalue weighted by Crippen LogP contribution is -2.38. The molecule has 3 unspecified atom stereocenters. The maximum Gasteiger partial charge on any atom is 0.186 e. The molecule has 6 rings (SSSR count). The van der Waals surface area contributed by atoms with Gasteiger partial charge in [0, 0.05) is 34.9 Å². The number of aromatic nitrogens is 2. The summed E-state index contributed by atoms with van der Waals surface area (Å²) >= 11 is 0. The number of nitrogens with one attached hydrogen (secondary N) is 3. The van der Waals surface area contributed by atoms with Gasteiger partial charge in [0.25, 0.3) is 0 Å². The molecular weight excluding hydrogens is 496 g/mol. The molecule has 10 heteroatoms. The smallest absolute Gasteiger partial charge is 0.186 e. The van der Waals surface area contributed by atoms with E-state index in [4.69, 9.17) is 14.5 Å². The van der Waals surface area contributed by atoms with Gasteiger partial charge in [0.15, 0.2) is 12.5 Å². The van der Waals surface area contributed by atoms with E-state index in [-0.39, 0.29) is 25.1 Å². The van der Waals surface area contributed by atoms with Crippen molar-refractivity contribution in [3.05, 3.63) is 78.0 Å². The molecule has 10 nitrogen and oxygen atoms in total. The van der Waals surface area contributed by atoms with Crippen LogP contribution in [0.4, 0.5) is 17.1 Å². The number of hydrogen-bond donors (Lipinski definition) is 5. The number of aliphatic hydroxyl groups excluding tert-OH is 1. The maximum atomic E-state index is 9.26. The van der Waals surface area contributed by atoms with Crippen LogP contribution in [-0.2, 0) is 4.74 Å². The van der Waals surface area contributed by atoms with E-state index in [0.29, 0.717) is 5.75 Å². The van der Waals surface area contributed by atoms with E-state index in [1.807, 2.05) is 49.5 Å². The number of fused-ring (bicyclic) bond motifs is 2. The Kier molecular flexibility index (Phi) is 6.82. The molecule has 0 radical (unpaired) electrons. The third-order valence-electron chi connectivity index (χ3n) is 6.97. The van der Waals surface area contributed by atoms with Gasteiger partial charge in [0.05, 0.1) is 17.4 Å². The highest BCUT2D eigenvalue weighted by Gasteiger charge is 2.38. The monoisotopic (exact) mass is 528 g/mol. The molecule has 3 atom stereocenters. The van der Waals surface area contributed by atoms with Crippen LogP contribution in [0.5, 0.6) is 5.75 Å². The Morgan fingerprint density at radius 2 is 1.95 bits per heavy atom. The van der Waals surface area contributed by atoms with Crippen LogP contribution in [0.25, 0.3) is 10.9 Å². The van der Waals surface area contributed by atoms with Gasteiger partial charge >= 0.3 is 0 Å². The summed E-state index contributed by atoms with van der Waals surface area (Å²) in [4.78, 5) is 7.12. The van der Waals surface area contributed by atoms with Gasteiger partial charge in [-0.05, 0) is 55.0 Å². The average Bonchev–Trinajstić information content (AvgIpc) is 3.48. The lowest BCUT2D eigenvalue weighted by Gasteiger charge is -2.37. The van der Waals surface area contributed by atoms with Crippen LogP contribution in [0.15, 0.2) is 71.9 Å². The number of aromatic amines is 1. The van der Waals surface area contributed by atoms with Gasteiger partial charge in [-0.1, -0.05) is 25.5 Å². The van der Waals surface area contributed by atoms with Crippen LogP contribution < -0.4 is 15.4 Å². The minimum atomic E-state index is -1.55. The molecule has 1 saturated heterocycles. The van der Waals surface area contributed by atoms with Gasteiger partial charge in [-0.25, -0.2) is 4.99 Å². The molecule has 0 spiro atoms. The van der Waals surface area contributed by atoms with Crippen LogP contribution in [0, 0.1) is 0 Å². The van der Waals surface area contributed by atoms with Gasteiger partial charge in [-0.2, -0.15) is 5.10 Å². The molecule has 2 aliphatic rings. The fourth-order valence-corrected chi connectivity index (χ4v) is 4.96. The molecule has 4 aromatic rings. The lowest BCUT2D eigenvalue weighted by atomic mass is 10.0. The van der Waals surface area contributed by atoms with E-state index in [1.165, 1.54) is 0 Å². The fraction of sp³-hybridized carbons (Fsp3) is 0.310. The number of benzene rings is 3. The second-order valence-electron chi connectivity index (χ2n) is 9.89. The van der Waals surface area contributed by atoms with Crippen molar-refractivity contribution >= 4 is 33.8 Å². The molecule has 0 aliphatic carbocycles. The SMILES string of the molecule is CCCC1OC1Nc1cccc(C2=Nc3ccc(OCC(O)O)cc3C(Nc3ccc4[nH]ncc4c3)N2C)c1. The van der Waals surface area contributed by atoms with Crippen LogP contribution in [0.1, 0.15) is 37.1 Å². The number of aliphatic imine (C=N–C) groups is 1. The largest absolute Gasteiger partial charge is 0.488 e. The van der Waals surface area contributed by atoms with E-state index < -0.39 is 6.29 Å². The predicted molar refractivity (Wildman–Crippen MR) is 150 cm³/mol. The Balaban J connectivity index is 1.33. The van der Waals surface area contributed by atoms with Crippen molar-refractivity contribution in [2.75, 3.05) is 24.3 Å². The Morgan fingerprint density at radius 1 is 1.08 bits per heavy atom. The number of nitrogens with zero attached hydrogens (tertiary/aromatic N) is 3. The first-order valence-corrected chi connectivity index (χ1v) is 13.1. The summed E-state index contributed by atoms with van der Waals surface area (Å²) in [6, 6.07) is 19.8. The quantitative estimate of drug-likeness (QED) is 0.152. The number of aliphatic hydroxyl groups is 2. The first-order valence-electron chi connectivity index (χ1n) is 13.1. The minimum Gasteiger partial charge on any atom is -0.488 e. The number of epoxide rings is 1. The van der Waals surface area contributed by atoms with Crippen LogP contribution in [0.3, 0.4) is 0 Å². The molecule has 0 saturated carbocycles. The highest BCUT2D eigenvalue weighted by Crippen LogP contribution is 2.39. The fourth-order valence-electron chi connectivity index (χ4n) is 4.96. The lowest BCUT2D eigenvalue weighted by molar-refractivity contribution is -0.0680. The summed E-state index contributed by atoms with van der Waals surface area (Å²) in [6.07, 6.45) is 2.43. The van der Waals surface area contributed by atoms with E-state index in [9.17, 15) is 10.2 Å². The zero-order valence-electron chi connectivity index (χ0n) is 21.8. The molecule has 0 bridgehead atoms. The zero-order valence-corrected chi connectivity index (χ0v) is 21.8.